The van der Waals surface area contributed by atoms with E-state index in [1.54, 1.807) is 24.3 Å². The van der Waals surface area contributed by atoms with Crippen LogP contribution in [0.25, 0.3) is 12.2 Å². The molecule has 6 heteroatoms. The van der Waals surface area contributed by atoms with Gasteiger partial charge >= 0.3 is 0 Å². The van der Waals surface area contributed by atoms with Crippen LogP contribution in [-0.2, 0) is 11.3 Å². The van der Waals surface area contributed by atoms with Crippen molar-refractivity contribution in [1.29, 1.82) is 0 Å². The zero-order valence-corrected chi connectivity index (χ0v) is 17.2. The van der Waals surface area contributed by atoms with Crippen molar-refractivity contribution >= 4 is 23.7 Å². The summed E-state index contributed by atoms with van der Waals surface area (Å²) in [5, 5.41) is 8.76. The van der Waals surface area contributed by atoms with Gasteiger partial charge in [-0.25, -0.2) is 4.98 Å². The Morgan fingerprint density at radius 3 is 2.23 bits per heavy atom. The molecule has 0 amide bonds. The quantitative estimate of drug-likeness (QED) is 0.537. The number of hydrogen-bond acceptors (Lipinski definition) is 6. The van der Waals surface area contributed by atoms with E-state index in [1.165, 1.54) is 23.8 Å². The standard InChI is InChI=1S/C24H27N3O3/c1-26-13-15-27(16-14-26)17-19-5-7-20(8-6-19)24(30)12-10-22-4-2-3-21(25-22)9-11-23(29)18-28/h2-12,28H,13-18H2,1H3/b11-9+,12-10+. The van der Waals surface area contributed by atoms with Gasteiger partial charge in [0, 0.05) is 38.3 Å². The summed E-state index contributed by atoms with van der Waals surface area (Å²) >= 11 is 0. The number of hydrogen-bond donors (Lipinski definition) is 1. The minimum atomic E-state index is -0.529. The molecule has 6 nitrogen and oxygen atoms in total. The number of carbonyl (C=O) groups excluding carboxylic acids is 2. The van der Waals surface area contributed by atoms with E-state index in [-0.39, 0.29) is 11.6 Å². The molecule has 0 aliphatic carbocycles. The molecule has 2 aromatic rings. The average Bonchev–Trinajstić information content (AvgIpc) is 2.78. The highest BCUT2D eigenvalue weighted by Crippen LogP contribution is 2.11. The molecular weight excluding hydrogens is 378 g/mol. The molecule has 2 heterocycles. The lowest BCUT2D eigenvalue weighted by Gasteiger charge is -2.32. The van der Waals surface area contributed by atoms with E-state index in [2.05, 4.69) is 21.8 Å². The van der Waals surface area contributed by atoms with Gasteiger partial charge < -0.3 is 10.0 Å². The average molecular weight is 405 g/mol. The van der Waals surface area contributed by atoms with Gasteiger partial charge in [-0.2, -0.15) is 0 Å². The number of aromatic nitrogens is 1. The molecule has 1 aromatic heterocycles. The summed E-state index contributed by atoms with van der Waals surface area (Å²) in [7, 11) is 2.14. The Morgan fingerprint density at radius 2 is 1.60 bits per heavy atom. The number of ketones is 2. The highest BCUT2D eigenvalue weighted by atomic mass is 16.3. The van der Waals surface area contributed by atoms with Gasteiger partial charge in [0.2, 0.25) is 0 Å². The monoisotopic (exact) mass is 405 g/mol. The number of aliphatic hydroxyl groups excluding tert-OH is 1. The van der Waals surface area contributed by atoms with E-state index >= 15 is 0 Å². The highest BCUT2D eigenvalue weighted by molar-refractivity contribution is 6.06. The van der Waals surface area contributed by atoms with Crippen molar-refractivity contribution in [2.24, 2.45) is 0 Å². The molecule has 0 unspecified atom stereocenters. The Kier molecular flexibility index (Phi) is 7.79. The van der Waals surface area contributed by atoms with Gasteiger partial charge in [0.25, 0.3) is 0 Å². The maximum atomic E-state index is 12.5. The molecule has 3 rings (SSSR count). The van der Waals surface area contributed by atoms with Crippen LogP contribution < -0.4 is 0 Å². The molecule has 0 spiro atoms. The van der Waals surface area contributed by atoms with Crippen LogP contribution >= 0.6 is 0 Å². The molecule has 1 aliphatic heterocycles. The van der Waals surface area contributed by atoms with Crippen molar-refractivity contribution in [3.63, 3.8) is 0 Å². The second-order valence-corrected chi connectivity index (χ2v) is 7.42. The fourth-order valence-electron chi connectivity index (χ4n) is 3.18. The van der Waals surface area contributed by atoms with Crippen molar-refractivity contribution in [1.82, 2.24) is 14.8 Å². The van der Waals surface area contributed by atoms with Gasteiger partial charge in [0.1, 0.15) is 6.61 Å². The largest absolute Gasteiger partial charge is 0.388 e. The molecule has 1 N–H and O–H groups in total. The summed E-state index contributed by atoms with van der Waals surface area (Å²) in [6, 6.07) is 13.1. The molecule has 0 saturated carbocycles. The zero-order valence-electron chi connectivity index (χ0n) is 17.2. The Labute approximate surface area is 177 Å². The van der Waals surface area contributed by atoms with E-state index in [9.17, 15) is 9.59 Å². The SMILES string of the molecule is CN1CCN(Cc2ccc(C(=O)/C=C/c3cccc(/C=C/C(=O)CO)n3)cc2)CC1. The summed E-state index contributed by atoms with van der Waals surface area (Å²) in [5.74, 6) is -0.469. The number of piperazine rings is 1. The number of nitrogens with zero attached hydrogens (tertiary/aromatic N) is 3. The summed E-state index contributed by atoms with van der Waals surface area (Å²) in [6.07, 6.45) is 5.98. The third-order valence-electron chi connectivity index (χ3n) is 5.03. The first-order chi connectivity index (χ1) is 14.5. The summed E-state index contributed by atoms with van der Waals surface area (Å²) in [4.78, 5) is 32.8. The number of aliphatic hydroxyl groups is 1. The van der Waals surface area contributed by atoms with E-state index < -0.39 is 6.61 Å². The van der Waals surface area contributed by atoms with Crippen molar-refractivity contribution in [3.05, 3.63) is 77.1 Å². The Morgan fingerprint density at radius 1 is 0.967 bits per heavy atom. The molecule has 1 saturated heterocycles. The van der Waals surface area contributed by atoms with Crippen molar-refractivity contribution in [2.75, 3.05) is 39.8 Å². The van der Waals surface area contributed by atoms with Crippen molar-refractivity contribution in [2.45, 2.75) is 6.54 Å². The predicted octanol–water partition coefficient (Wildman–Crippen LogP) is 2.30. The minimum absolute atomic E-state index is 0.0839. The molecule has 1 aromatic carbocycles. The van der Waals surface area contributed by atoms with E-state index in [1.807, 2.05) is 24.3 Å². The lowest BCUT2D eigenvalue weighted by molar-refractivity contribution is -0.117. The first kappa shape index (κ1) is 21.8. The van der Waals surface area contributed by atoms with E-state index in [0.717, 1.165) is 32.7 Å². The van der Waals surface area contributed by atoms with Gasteiger partial charge in [-0.05, 0) is 49.0 Å². The fourth-order valence-corrected chi connectivity index (χ4v) is 3.18. The third-order valence-corrected chi connectivity index (χ3v) is 5.03. The number of allylic oxidation sites excluding steroid dienone is 1. The summed E-state index contributed by atoms with van der Waals surface area (Å²) in [5.41, 5.74) is 3.05. The number of benzene rings is 1. The molecular formula is C24H27N3O3. The maximum absolute atomic E-state index is 12.5. The molecule has 30 heavy (non-hydrogen) atoms. The van der Waals surface area contributed by atoms with Crippen LogP contribution in [0.15, 0.2) is 54.6 Å². The molecule has 1 fully saturated rings. The second-order valence-electron chi connectivity index (χ2n) is 7.42. The van der Waals surface area contributed by atoms with Crippen LogP contribution in [0.3, 0.4) is 0 Å². The van der Waals surface area contributed by atoms with Crippen LogP contribution in [0, 0.1) is 0 Å². The number of rotatable bonds is 8. The van der Waals surface area contributed by atoms with Crippen molar-refractivity contribution < 1.29 is 14.7 Å². The topological polar surface area (TPSA) is 73.7 Å². The number of likely N-dealkylation sites (N-methyl/N-ethyl adjacent to an activating group) is 1. The number of pyridine rings is 1. The summed E-state index contributed by atoms with van der Waals surface area (Å²) in [6.45, 7) is 4.68. The maximum Gasteiger partial charge on any atom is 0.185 e. The molecule has 0 radical (unpaired) electrons. The van der Waals surface area contributed by atoms with Crippen LogP contribution in [0.2, 0.25) is 0 Å². The first-order valence-corrected chi connectivity index (χ1v) is 10.0. The lowest BCUT2D eigenvalue weighted by Crippen LogP contribution is -2.43. The van der Waals surface area contributed by atoms with Crippen LogP contribution in [0.5, 0.6) is 0 Å². The molecule has 0 bridgehead atoms. The predicted molar refractivity (Wildman–Crippen MR) is 118 cm³/mol. The Bertz CT molecular complexity index is 927. The first-order valence-electron chi connectivity index (χ1n) is 10.0. The zero-order chi connectivity index (χ0) is 21.3. The van der Waals surface area contributed by atoms with Gasteiger partial charge in [0.15, 0.2) is 11.6 Å². The fraction of sp³-hybridized carbons (Fsp3) is 0.292. The van der Waals surface area contributed by atoms with Crippen LogP contribution in [-0.4, -0.2) is 71.3 Å². The number of carbonyl (C=O) groups is 2. The van der Waals surface area contributed by atoms with E-state index in [4.69, 9.17) is 5.11 Å². The molecule has 156 valence electrons. The second kappa shape index (κ2) is 10.7. The van der Waals surface area contributed by atoms with Crippen LogP contribution in [0.1, 0.15) is 27.3 Å². The highest BCUT2D eigenvalue weighted by Gasteiger charge is 2.13. The summed E-state index contributed by atoms with van der Waals surface area (Å²) < 4.78 is 0. The van der Waals surface area contributed by atoms with Gasteiger partial charge in [0.05, 0.1) is 11.4 Å². The van der Waals surface area contributed by atoms with Crippen LogP contribution in [0.4, 0.5) is 0 Å². The smallest absolute Gasteiger partial charge is 0.185 e. The van der Waals surface area contributed by atoms with E-state index in [0.29, 0.717) is 17.0 Å². The normalized spacial score (nSPS) is 15.8. The van der Waals surface area contributed by atoms with Gasteiger partial charge in [-0.1, -0.05) is 30.3 Å². The van der Waals surface area contributed by atoms with Crippen molar-refractivity contribution in [3.8, 4) is 0 Å². The molecule has 0 atom stereocenters. The Balaban J connectivity index is 1.58. The molecule has 1 aliphatic rings. The van der Waals surface area contributed by atoms with Gasteiger partial charge in [-0.15, -0.1) is 0 Å². The van der Waals surface area contributed by atoms with Gasteiger partial charge in [-0.3, -0.25) is 14.5 Å². The minimum Gasteiger partial charge on any atom is -0.388 e. The third kappa shape index (κ3) is 6.56. The lowest BCUT2D eigenvalue weighted by atomic mass is 10.1. The Hall–Kier alpha value is -2.93.